The van der Waals surface area contributed by atoms with Gasteiger partial charge in [0, 0.05) is 25.0 Å². The van der Waals surface area contributed by atoms with Crippen molar-refractivity contribution in [3.63, 3.8) is 0 Å². The van der Waals surface area contributed by atoms with Crippen molar-refractivity contribution in [1.82, 2.24) is 5.32 Å². The first-order chi connectivity index (χ1) is 12.5. The van der Waals surface area contributed by atoms with E-state index in [0.717, 1.165) is 16.8 Å². The molecule has 26 heavy (non-hydrogen) atoms. The SMILES string of the molecule is COCCNC(=O)Cc1ccc(NC(=O)Nc2ccc(C)c(C)c2)cc1. The number of hydrogen-bond acceptors (Lipinski definition) is 3. The summed E-state index contributed by atoms with van der Waals surface area (Å²) in [5.74, 6) is -0.0600. The maximum absolute atomic E-state index is 12.1. The molecule has 0 bridgehead atoms. The highest BCUT2D eigenvalue weighted by Crippen LogP contribution is 2.15. The standard InChI is InChI=1S/C20H25N3O3/c1-14-4-7-18(12-15(14)2)23-20(25)22-17-8-5-16(6-9-17)13-19(24)21-10-11-26-3/h4-9,12H,10-11,13H2,1-3H3,(H,21,24)(H2,22,23,25). The van der Waals surface area contributed by atoms with Gasteiger partial charge >= 0.3 is 6.03 Å². The van der Waals surface area contributed by atoms with Crippen molar-refractivity contribution in [1.29, 1.82) is 0 Å². The van der Waals surface area contributed by atoms with Crippen LogP contribution in [0.3, 0.4) is 0 Å². The fraction of sp³-hybridized carbons (Fsp3) is 0.300. The van der Waals surface area contributed by atoms with Crippen molar-refractivity contribution < 1.29 is 14.3 Å². The van der Waals surface area contributed by atoms with E-state index in [9.17, 15) is 9.59 Å². The van der Waals surface area contributed by atoms with Crippen molar-refractivity contribution in [3.8, 4) is 0 Å². The molecule has 0 aliphatic heterocycles. The Morgan fingerprint density at radius 2 is 1.58 bits per heavy atom. The molecule has 0 saturated carbocycles. The Bertz CT molecular complexity index is 757. The van der Waals surface area contributed by atoms with Gasteiger partial charge in [-0.05, 0) is 54.8 Å². The van der Waals surface area contributed by atoms with Gasteiger partial charge in [0.05, 0.1) is 13.0 Å². The molecule has 0 radical (unpaired) electrons. The van der Waals surface area contributed by atoms with Crippen LogP contribution in [-0.4, -0.2) is 32.2 Å². The Hall–Kier alpha value is -2.86. The largest absolute Gasteiger partial charge is 0.383 e. The number of amides is 3. The predicted octanol–water partition coefficient (Wildman–Crippen LogP) is 3.25. The molecule has 138 valence electrons. The zero-order valence-electron chi connectivity index (χ0n) is 15.4. The summed E-state index contributed by atoms with van der Waals surface area (Å²) in [6.45, 7) is 5.01. The lowest BCUT2D eigenvalue weighted by Crippen LogP contribution is -2.28. The zero-order chi connectivity index (χ0) is 18.9. The van der Waals surface area contributed by atoms with E-state index in [0.29, 0.717) is 25.3 Å². The second kappa shape index (κ2) is 9.58. The quantitative estimate of drug-likeness (QED) is 0.667. The van der Waals surface area contributed by atoms with E-state index >= 15 is 0 Å². The van der Waals surface area contributed by atoms with Crippen LogP contribution >= 0.6 is 0 Å². The number of benzene rings is 2. The van der Waals surface area contributed by atoms with Crippen molar-refractivity contribution in [3.05, 3.63) is 59.2 Å². The van der Waals surface area contributed by atoms with E-state index in [-0.39, 0.29) is 11.9 Å². The second-order valence-corrected chi connectivity index (χ2v) is 6.09. The van der Waals surface area contributed by atoms with Crippen molar-refractivity contribution in [2.75, 3.05) is 30.9 Å². The smallest absolute Gasteiger partial charge is 0.323 e. The minimum absolute atomic E-state index is 0.0600. The highest BCUT2D eigenvalue weighted by Gasteiger charge is 2.06. The molecule has 0 saturated heterocycles. The van der Waals surface area contributed by atoms with Crippen LogP contribution in [-0.2, 0) is 16.0 Å². The predicted molar refractivity (Wildman–Crippen MR) is 104 cm³/mol. The lowest BCUT2D eigenvalue weighted by atomic mass is 10.1. The summed E-state index contributed by atoms with van der Waals surface area (Å²) in [7, 11) is 1.59. The van der Waals surface area contributed by atoms with Crippen LogP contribution in [0, 0.1) is 13.8 Å². The van der Waals surface area contributed by atoms with E-state index in [4.69, 9.17) is 4.74 Å². The lowest BCUT2D eigenvalue weighted by molar-refractivity contribution is -0.120. The summed E-state index contributed by atoms with van der Waals surface area (Å²) in [5.41, 5.74) is 4.58. The molecule has 0 fully saturated rings. The van der Waals surface area contributed by atoms with E-state index in [1.54, 1.807) is 19.2 Å². The number of carbonyl (C=O) groups excluding carboxylic acids is 2. The summed E-state index contributed by atoms with van der Waals surface area (Å²) in [6, 6.07) is 12.7. The molecule has 0 heterocycles. The lowest BCUT2D eigenvalue weighted by Gasteiger charge is -2.10. The Kier molecular flexibility index (Phi) is 7.17. The summed E-state index contributed by atoms with van der Waals surface area (Å²) in [4.78, 5) is 23.8. The normalized spacial score (nSPS) is 10.3. The Morgan fingerprint density at radius 1 is 0.923 bits per heavy atom. The minimum Gasteiger partial charge on any atom is -0.383 e. The number of rotatable bonds is 7. The van der Waals surface area contributed by atoms with Gasteiger partial charge < -0.3 is 20.7 Å². The number of anilines is 2. The molecule has 0 spiro atoms. The molecule has 0 aliphatic carbocycles. The molecule has 2 aromatic carbocycles. The Morgan fingerprint density at radius 3 is 2.23 bits per heavy atom. The summed E-state index contributed by atoms with van der Waals surface area (Å²) in [5, 5.41) is 8.36. The van der Waals surface area contributed by atoms with E-state index in [1.807, 2.05) is 44.2 Å². The first kappa shape index (κ1) is 19.5. The van der Waals surface area contributed by atoms with Gasteiger partial charge in [0.2, 0.25) is 5.91 Å². The van der Waals surface area contributed by atoms with E-state index < -0.39 is 0 Å². The molecular formula is C20H25N3O3. The highest BCUT2D eigenvalue weighted by molar-refractivity contribution is 5.99. The molecule has 3 N–H and O–H groups in total. The third kappa shape index (κ3) is 6.22. The number of hydrogen-bond donors (Lipinski definition) is 3. The molecule has 0 atom stereocenters. The third-order valence-corrected chi connectivity index (χ3v) is 3.97. The fourth-order valence-electron chi connectivity index (χ4n) is 2.36. The molecule has 0 aliphatic rings. The van der Waals surface area contributed by atoms with Crippen LogP contribution in [0.25, 0.3) is 0 Å². The number of methoxy groups -OCH3 is 1. The van der Waals surface area contributed by atoms with Crippen molar-refractivity contribution in [2.45, 2.75) is 20.3 Å². The molecule has 2 rings (SSSR count). The molecule has 0 aromatic heterocycles. The van der Waals surface area contributed by atoms with Gasteiger partial charge in [0.25, 0.3) is 0 Å². The number of carbonyl (C=O) groups is 2. The molecule has 2 aromatic rings. The van der Waals surface area contributed by atoms with Crippen LogP contribution in [0.15, 0.2) is 42.5 Å². The van der Waals surface area contributed by atoms with Crippen molar-refractivity contribution >= 4 is 23.3 Å². The molecule has 3 amide bonds. The number of ether oxygens (including phenoxy) is 1. The van der Waals surface area contributed by atoms with Crippen LogP contribution in [0.2, 0.25) is 0 Å². The maximum Gasteiger partial charge on any atom is 0.323 e. The fourth-order valence-corrected chi connectivity index (χ4v) is 2.36. The average Bonchev–Trinajstić information content (AvgIpc) is 2.60. The minimum atomic E-state index is -0.307. The topological polar surface area (TPSA) is 79.5 Å². The number of nitrogens with one attached hydrogen (secondary N) is 3. The van der Waals surface area contributed by atoms with Crippen LogP contribution in [0.5, 0.6) is 0 Å². The van der Waals surface area contributed by atoms with Gasteiger partial charge in [-0.2, -0.15) is 0 Å². The molecular weight excluding hydrogens is 330 g/mol. The average molecular weight is 355 g/mol. The van der Waals surface area contributed by atoms with Gasteiger partial charge in [-0.1, -0.05) is 18.2 Å². The Balaban J connectivity index is 1.85. The van der Waals surface area contributed by atoms with Gasteiger partial charge in [-0.25, -0.2) is 4.79 Å². The molecule has 6 nitrogen and oxygen atoms in total. The van der Waals surface area contributed by atoms with E-state index in [1.165, 1.54) is 5.56 Å². The van der Waals surface area contributed by atoms with E-state index in [2.05, 4.69) is 16.0 Å². The maximum atomic E-state index is 12.1. The molecule has 0 unspecified atom stereocenters. The first-order valence-corrected chi connectivity index (χ1v) is 8.48. The third-order valence-electron chi connectivity index (χ3n) is 3.97. The van der Waals surface area contributed by atoms with Gasteiger partial charge in [0.15, 0.2) is 0 Å². The van der Waals surface area contributed by atoms with Crippen LogP contribution in [0.1, 0.15) is 16.7 Å². The zero-order valence-corrected chi connectivity index (χ0v) is 15.4. The Labute approximate surface area is 153 Å². The first-order valence-electron chi connectivity index (χ1n) is 8.48. The van der Waals surface area contributed by atoms with Gasteiger partial charge in [0.1, 0.15) is 0 Å². The van der Waals surface area contributed by atoms with Crippen LogP contribution in [0.4, 0.5) is 16.2 Å². The van der Waals surface area contributed by atoms with Gasteiger partial charge in [-0.15, -0.1) is 0 Å². The molecule has 6 heteroatoms. The monoisotopic (exact) mass is 355 g/mol. The summed E-state index contributed by atoms with van der Waals surface area (Å²) < 4.78 is 4.89. The summed E-state index contributed by atoms with van der Waals surface area (Å²) in [6.07, 6.45) is 0.291. The van der Waals surface area contributed by atoms with Crippen LogP contribution < -0.4 is 16.0 Å². The highest BCUT2D eigenvalue weighted by atomic mass is 16.5. The number of aryl methyl sites for hydroxylation is 2. The van der Waals surface area contributed by atoms with Gasteiger partial charge in [-0.3, -0.25) is 4.79 Å². The number of urea groups is 1. The summed E-state index contributed by atoms with van der Waals surface area (Å²) >= 11 is 0. The second-order valence-electron chi connectivity index (χ2n) is 6.09. The van der Waals surface area contributed by atoms with Crippen molar-refractivity contribution in [2.24, 2.45) is 0 Å².